The maximum atomic E-state index is 10.1. The van der Waals surface area contributed by atoms with Crippen LogP contribution in [0, 0.1) is 0 Å². The van der Waals surface area contributed by atoms with E-state index in [-0.39, 0.29) is 24.8 Å². The van der Waals surface area contributed by atoms with Gasteiger partial charge >= 0.3 is 0 Å². The zero-order valence-electron chi connectivity index (χ0n) is 24.9. The second-order valence-corrected chi connectivity index (χ2v) is 10.8. The van der Waals surface area contributed by atoms with Gasteiger partial charge in [-0.15, -0.1) is 5.10 Å². The van der Waals surface area contributed by atoms with Gasteiger partial charge in [0.15, 0.2) is 5.65 Å². The molecule has 0 aromatic carbocycles. The van der Waals surface area contributed by atoms with Crippen molar-refractivity contribution in [2.45, 2.75) is 66.0 Å². The summed E-state index contributed by atoms with van der Waals surface area (Å²) >= 11 is 0. The molecule has 1 aliphatic heterocycles. The van der Waals surface area contributed by atoms with Crippen LogP contribution in [0.5, 0.6) is 11.8 Å². The number of methoxy groups -OCH3 is 1. The summed E-state index contributed by atoms with van der Waals surface area (Å²) in [4.78, 5) is 6.99. The van der Waals surface area contributed by atoms with Gasteiger partial charge < -0.3 is 19.3 Å². The van der Waals surface area contributed by atoms with Crippen molar-refractivity contribution in [3.8, 4) is 22.9 Å². The van der Waals surface area contributed by atoms with Crippen molar-refractivity contribution in [2.24, 2.45) is 7.05 Å². The molecule has 0 fully saturated rings. The Kier molecular flexibility index (Phi) is 8.43. The molecule has 0 unspecified atom stereocenters. The molecule has 2 atom stereocenters. The molecule has 0 aliphatic carbocycles. The number of hydrogen-bond donors (Lipinski definition) is 2. The Hall–Kier alpha value is -3.74. The van der Waals surface area contributed by atoms with Crippen molar-refractivity contribution in [1.29, 1.82) is 0 Å². The van der Waals surface area contributed by atoms with E-state index in [2.05, 4.69) is 46.9 Å². The SMILES string of the molecule is CCOc1nn([C@@H](C)CO)c2c1/C=C/c1[nH]nc3ncc(cc13)-c1c(COC)nn(C)c1O[C@@H](C)CN(C(C)C)C2. The van der Waals surface area contributed by atoms with Crippen LogP contribution in [-0.4, -0.2) is 83.8 Å². The Bertz CT molecular complexity index is 1540. The summed E-state index contributed by atoms with van der Waals surface area (Å²) in [6.45, 7) is 12.3. The van der Waals surface area contributed by atoms with Crippen molar-refractivity contribution in [1.82, 2.24) is 39.6 Å². The first kappa shape index (κ1) is 28.8. The highest BCUT2D eigenvalue weighted by molar-refractivity contribution is 5.91. The molecular formula is C29H40N8O4. The smallest absolute Gasteiger partial charge is 0.240 e. The Labute approximate surface area is 239 Å². The molecule has 5 heterocycles. The third-order valence-corrected chi connectivity index (χ3v) is 7.36. The Morgan fingerprint density at radius 1 is 1.22 bits per heavy atom. The van der Waals surface area contributed by atoms with Crippen LogP contribution >= 0.6 is 0 Å². The van der Waals surface area contributed by atoms with Crippen molar-refractivity contribution in [3.63, 3.8) is 0 Å². The number of aliphatic hydroxyl groups excluding tert-OH is 1. The summed E-state index contributed by atoms with van der Waals surface area (Å²) in [5.74, 6) is 1.19. The number of pyridine rings is 1. The maximum absolute atomic E-state index is 10.1. The lowest BCUT2D eigenvalue weighted by molar-refractivity contribution is 0.108. The Morgan fingerprint density at radius 2 is 2.02 bits per heavy atom. The highest BCUT2D eigenvalue weighted by Gasteiger charge is 2.27. The van der Waals surface area contributed by atoms with E-state index >= 15 is 0 Å². The van der Waals surface area contributed by atoms with Crippen LogP contribution in [0.2, 0.25) is 0 Å². The van der Waals surface area contributed by atoms with Crippen LogP contribution < -0.4 is 9.47 Å². The molecule has 2 bridgehead atoms. The van der Waals surface area contributed by atoms with Crippen LogP contribution in [0.15, 0.2) is 12.3 Å². The van der Waals surface area contributed by atoms with E-state index in [9.17, 15) is 5.11 Å². The average molecular weight is 565 g/mol. The topological polar surface area (TPSA) is 128 Å². The normalized spacial score (nSPS) is 17.6. The van der Waals surface area contributed by atoms with Gasteiger partial charge in [-0.3, -0.25) is 14.7 Å². The van der Waals surface area contributed by atoms with Crippen LogP contribution in [0.25, 0.3) is 34.3 Å². The number of nitrogens with zero attached hydrogens (tertiary/aromatic N) is 7. The fraction of sp³-hybridized carbons (Fsp3) is 0.517. The molecule has 0 radical (unpaired) electrons. The van der Waals surface area contributed by atoms with Gasteiger partial charge in [0.2, 0.25) is 11.8 Å². The number of nitrogens with one attached hydrogen (secondary N) is 1. The summed E-state index contributed by atoms with van der Waals surface area (Å²) in [5.41, 5.74) is 5.71. The van der Waals surface area contributed by atoms with E-state index in [0.717, 1.165) is 39.2 Å². The predicted molar refractivity (Wildman–Crippen MR) is 157 cm³/mol. The van der Waals surface area contributed by atoms with Crippen molar-refractivity contribution in [2.75, 3.05) is 26.9 Å². The van der Waals surface area contributed by atoms with E-state index in [1.54, 1.807) is 18.0 Å². The van der Waals surface area contributed by atoms with E-state index < -0.39 is 0 Å². The summed E-state index contributed by atoms with van der Waals surface area (Å²) in [6, 6.07) is 2.03. The minimum absolute atomic E-state index is 0.0443. The van der Waals surface area contributed by atoms with Gasteiger partial charge in [-0.05, 0) is 52.8 Å². The molecular weight excluding hydrogens is 524 g/mol. The lowest BCUT2D eigenvalue weighted by Crippen LogP contribution is -2.39. The van der Waals surface area contributed by atoms with E-state index in [4.69, 9.17) is 24.4 Å². The van der Waals surface area contributed by atoms with E-state index in [1.165, 1.54) is 0 Å². The highest BCUT2D eigenvalue weighted by Crippen LogP contribution is 2.36. The number of rotatable bonds is 7. The van der Waals surface area contributed by atoms with Gasteiger partial charge in [-0.2, -0.15) is 10.2 Å². The summed E-state index contributed by atoms with van der Waals surface area (Å²) in [5, 5.41) is 28.0. The summed E-state index contributed by atoms with van der Waals surface area (Å²) in [7, 11) is 3.54. The molecule has 5 rings (SSSR count). The first-order valence-electron chi connectivity index (χ1n) is 14.1. The minimum atomic E-state index is -0.230. The Morgan fingerprint density at radius 3 is 2.73 bits per heavy atom. The molecule has 12 heteroatoms. The fourth-order valence-electron chi connectivity index (χ4n) is 5.25. The fourth-order valence-corrected chi connectivity index (χ4v) is 5.25. The van der Waals surface area contributed by atoms with Crippen molar-refractivity contribution < 1.29 is 19.3 Å². The molecule has 0 saturated heterocycles. The summed E-state index contributed by atoms with van der Waals surface area (Å²) in [6.07, 6.45) is 5.62. The van der Waals surface area contributed by atoms with Crippen LogP contribution in [0.1, 0.15) is 63.3 Å². The largest absolute Gasteiger partial charge is 0.476 e. The number of hydrogen-bond acceptors (Lipinski definition) is 9. The second-order valence-electron chi connectivity index (χ2n) is 10.8. The molecule has 220 valence electrons. The van der Waals surface area contributed by atoms with E-state index in [0.29, 0.717) is 43.7 Å². The van der Waals surface area contributed by atoms with Gasteiger partial charge in [-0.1, -0.05) is 0 Å². The van der Waals surface area contributed by atoms with Gasteiger partial charge in [0, 0.05) is 50.4 Å². The molecule has 0 saturated carbocycles. The first-order valence-corrected chi connectivity index (χ1v) is 14.1. The van der Waals surface area contributed by atoms with Gasteiger partial charge in [0.05, 0.1) is 54.1 Å². The number of H-pyrrole nitrogens is 1. The van der Waals surface area contributed by atoms with Crippen LogP contribution in [0.3, 0.4) is 0 Å². The maximum Gasteiger partial charge on any atom is 0.240 e. The minimum Gasteiger partial charge on any atom is -0.476 e. The highest BCUT2D eigenvalue weighted by atomic mass is 16.5. The van der Waals surface area contributed by atoms with Gasteiger partial charge in [-0.25, -0.2) is 9.67 Å². The van der Waals surface area contributed by atoms with Crippen molar-refractivity contribution >= 4 is 23.2 Å². The molecule has 4 aromatic rings. The van der Waals surface area contributed by atoms with Gasteiger partial charge in [0.1, 0.15) is 6.10 Å². The number of aryl methyl sites for hydroxylation is 1. The van der Waals surface area contributed by atoms with E-state index in [1.807, 2.05) is 37.7 Å². The molecule has 1 aliphatic rings. The molecule has 12 nitrogen and oxygen atoms in total. The van der Waals surface area contributed by atoms with Crippen molar-refractivity contribution in [3.05, 3.63) is 34.9 Å². The summed E-state index contributed by atoms with van der Waals surface area (Å²) < 4.78 is 21.8. The number of ether oxygens (including phenoxy) is 3. The quantitative estimate of drug-likeness (QED) is 0.344. The average Bonchev–Trinajstić information content (AvgIpc) is 3.59. The number of aromatic amines is 1. The zero-order chi connectivity index (χ0) is 29.3. The van der Waals surface area contributed by atoms with Gasteiger partial charge in [0.25, 0.3) is 0 Å². The standard InChI is InChI=1S/C29H40N8O4/c1-8-40-28-21-9-10-23-22-11-20(12-30-27(22)32-31-23)26-24(16-39-7)33-35(6)29(26)41-19(5)13-36(17(2)3)14-25(21)37(34-28)18(4)15-38/h9-12,17-19,38H,8,13-16H2,1-7H3,(H,30,31,32)/b10-9+/t18-,19-/m0/s1. The molecule has 4 aromatic heterocycles. The number of aliphatic hydroxyl groups is 1. The third kappa shape index (κ3) is 5.59. The molecule has 0 spiro atoms. The molecule has 2 N–H and O–H groups in total. The lowest BCUT2D eigenvalue weighted by atomic mass is 10.1. The second kappa shape index (κ2) is 12.0. The number of aromatic nitrogens is 7. The lowest BCUT2D eigenvalue weighted by Gasteiger charge is -2.30. The Balaban J connectivity index is 1.74. The van der Waals surface area contributed by atoms with Crippen LogP contribution in [-0.2, 0) is 24.9 Å². The third-order valence-electron chi connectivity index (χ3n) is 7.36. The predicted octanol–water partition coefficient (Wildman–Crippen LogP) is 3.82. The first-order chi connectivity index (χ1) is 19.7. The number of fused-ring (bicyclic) bond motifs is 4. The monoisotopic (exact) mass is 564 g/mol. The molecule has 0 amide bonds. The zero-order valence-corrected chi connectivity index (χ0v) is 24.9. The van der Waals surface area contributed by atoms with Crippen LogP contribution in [0.4, 0.5) is 0 Å². The molecule has 41 heavy (non-hydrogen) atoms.